The molecule has 1 aromatic rings. The molecule has 19 heavy (non-hydrogen) atoms. The molecule has 0 radical (unpaired) electrons. The minimum atomic E-state index is -1.53. The Bertz CT molecular complexity index is 489. The van der Waals surface area contributed by atoms with Gasteiger partial charge in [0.15, 0.2) is 0 Å². The van der Waals surface area contributed by atoms with E-state index in [9.17, 15) is 18.7 Å². The van der Waals surface area contributed by atoms with Crippen molar-refractivity contribution in [2.75, 3.05) is 26.3 Å². The number of morpholine rings is 1. The van der Waals surface area contributed by atoms with Crippen LogP contribution in [0.2, 0.25) is 0 Å². The number of halogens is 2. The first-order valence-electron chi connectivity index (χ1n) is 5.98. The van der Waals surface area contributed by atoms with Crippen molar-refractivity contribution in [1.29, 1.82) is 0 Å². The van der Waals surface area contributed by atoms with Gasteiger partial charge in [-0.05, 0) is 13.0 Å². The molecule has 1 fully saturated rings. The highest BCUT2D eigenvalue weighted by Gasteiger charge is 2.43. The lowest BCUT2D eigenvalue weighted by atomic mass is 9.89. The minimum absolute atomic E-state index is 0.0386. The van der Waals surface area contributed by atoms with Crippen LogP contribution in [0.1, 0.15) is 12.5 Å². The third-order valence-corrected chi connectivity index (χ3v) is 3.52. The fourth-order valence-corrected chi connectivity index (χ4v) is 2.32. The second kappa shape index (κ2) is 5.22. The molecule has 1 aromatic carbocycles. The van der Waals surface area contributed by atoms with E-state index < -0.39 is 23.1 Å². The van der Waals surface area contributed by atoms with E-state index in [0.717, 1.165) is 6.07 Å². The Balaban J connectivity index is 2.46. The normalized spacial score (nSPS) is 19.9. The van der Waals surface area contributed by atoms with Crippen molar-refractivity contribution in [3.8, 4) is 0 Å². The highest BCUT2D eigenvalue weighted by molar-refractivity contribution is 5.80. The second-order valence-electron chi connectivity index (χ2n) is 4.60. The van der Waals surface area contributed by atoms with Crippen LogP contribution in [-0.2, 0) is 15.1 Å². The zero-order chi connectivity index (χ0) is 14.0. The van der Waals surface area contributed by atoms with Gasteiger partial charge in [0.25, 0.3) is 0 Å². The third-order valence-electron chi connectivity index (χ3n) is 3.52. The van der Waals surface area contributed by atoms with Crippen LogP contribution in [0.4, 0.5) is 8.78 Å². The maximum atomic E-state index is 13.9. The number of carboxylic acid groups (broad SMARTS) is 1. The Hall–Kier alpha value is -1.53. The van der Waals surface area contributed by atoms with E-state index in [1.54, 1.807) is 4.90 Å². The van der Waals surface area contributed by atoms with Crippen LogP contribution < -0.4 is 0 Å². The molecule has 104 valence electrons. The number of aliphatic carboxylic acids is 1. The molecule has 1 atom stereocenters. The van der Waals surface area contributed by atoms with Crippen molar-refractivity contribution in [1.82, 2.24) is 4.90 Å². The summed E-state index contributed by atoms with van der Waals surface area (Å²) in [5, 5.41) is 9.49. The lowest BCUT2D eigenvalue weighted by Crippen LogP contribution is -2.54. The van der Waals surface area contributed by atoms with Crippen LogP contribution in [0.5, 0.6) is 0 Å². The SMILES string of the molecule is CC(C(=O)O)(c1ccc(F)cc1F)N1CCOCC1. The van der Waals surface area contributed by atoms with Crippen LogP contribution in [0, 0.1) is 11.6 Å². The lowest BCUT2D eigenvalue weighted by molar-refractivity contribution is -0.154. The van der Waals surface area contributed by atoms with Gasteiger partial charge in [-0.2, -0.15) is 0 Å². The minimum Gasteiger partial charge on any atom is -0.480 e. The van der Waals surface area contributed by atoms with Gasteiger partial charge in [0.1, 0.15) is 17.2 Å². The van der Waals surface area contributed by atoms with Crippen molar-refractivity contribution in [2.45, 2.75) is 12.5 Å². The molecule has 0 aliphatic carbocycles. The number of rotatable bonds is 3. The molecule has 1 saturated heterocycles. The van der Waals surface area contributed by atoms with Gasteiger partial charge in [0.2, 0.25) is 0 Å². The first-order chi connectivity index (χ1) is 8.96. The van der Waals surface area contributed by atoms with Gasteiger partial charge in [-0.25, -0.2) is 13.6 Å². The molecule has 0 aromatic heterocycles. The molecule has 1 N–H and O–H groups in total. The summed E-state index contributed by atoms with van der Waals surface area (Å²) in [5.74, 6) is -2.74. The molecule has 1 heterocycles. The van der Waals surface area contributed by atoms with Gasteiger partial charge in [-0.15, -0.1) is 0 Å². The monoisotopic (exact) mass is 271 g/mol. The van der Waals surface area contributed by atoms with Gasteiger partial charge >= 0.3 is 5.97 Å². The Labute approximate surface area is 109 Å². The summed E-state index contributed by atoms with van der Waals surface area (Å²) < 4.78 is 32.0. The molecular formula is C13H15F2NO3. The van der Waals surface area contributed by atoms with E-state index in [4.69, 9.17) is 4.74 Å². The number of nitrogens with zero attached hydrogens (tertiary/aromatic N) is 1. The number of carbonyl (C=O) groups is 1. The molecule has 0 spiro atoms. The summed E-state index contributed by atoms with van der Waals surface area (Å²) in [4.78, 5) is 13.2. The van der Waals surface area contributed by atoms with Crippen molar-refractivity contribution in [3.05, 3.63) is 35.4 Å². The summed E-state index contributed by atoms with van der Waals surface area (Å²) in [5.41, 5.74) is -1.56. The van der Waals surface area contributed by atoms with Crippen molar-refractivity contribution in [2.24, 2.45) is 0 Å². The molecule has 4 nitrogen and oxygen atoms in total. The molecule has 6 heteroatoms. The first-order valence-corrected chi connectivity index (χ1v) is 5.98. The molecule has 0 saturated carbocycles. The quantitative estimate of drug-likeness (QED) is 0.907. The zero-order valence-electron chi connectivity index (χ0n) is 10.5. The van der Waals surface area contributed by atoms with Crippen molar-refractivity contribution in [3.63, 3.8) is 0 Å². The largest absolute Gasteiger partial charge is 0.480 e. The first kappa shape index (κ1) is 13.9. The Kier molecular flexibility index (Phi) is 3.82. The van der Waals surface area contributed by atoms with Crippen molar-refractivity contribution >= 4 is 5.97 Å². The fourth-order valence-electron chi connectivity index (χ4n) is 2.32. The lowest BCUT2D eigenvalue weighted by Gasteiger charge is -2.40. The summed E-state index contributed by atoms with van der Waals surface area (Å²) in [6.07, 6.45) is 0. The molecule has 2 rings (SSSR count). The van der Waals surface area contributed by atoms with Gasteiger partial charge in [0.05, 0.1) is 13.2 Å². The smallest absolute Gasteiger partial charge is 0.328 e. The molecule has 1 aliphatic rings. The molecule has 1 unspecified atom stereocenters. The zero-order valence-corrected chi connectivity index (χ0v) is 10.5. The standard InChI is InChI=1S/C13H15F2NO3/c1-13(12(17)18,16-4-6-19-7-5-16)10-3-2-9(14)8-11(10)15/h2-3,8H,4-7H2,1H3,(H,17,18). The maximum absolute atomic E-state index is 13.9. The summed E-state index contributed by atoms with van der Waals surface area (Å²) in [6.45, 7) is 2.99. The number of hydrogen-bond acceptors (Lipinski definition) is 3. The average Bonchev–Trinajstić information content (AvgIpc) is 2.38. The van der Waals surface area contributed by atoms with E-state index in [-0.39, 0.29) is 5.56 Å². The molecule has 1 aliphatic heterocycles. The van der Waals surface area contributed by atoms with E-state index in [1.165, 1.54) is 13.0 Å². The maximum Gasteiger partial charge on any atom is 0.328 e. The number of benzene rings is 1. The van der Waals surface area contributed by atoms with Gasteiger partial charge < -0.3 is 9.84 Å². The Morgan fingerprint density at radius 1 is 1.37 bits per heavy atom. The fraction of sp³-hybridized carbons (Fsp3) is 0.462. The van der Waals surface area contributed by atoms with Crippen LogP contribution in [0.25, 0.3) is 0 Å². The predicted molar refractivity (Wildman–Crippen MR) is 63.7 cm³/mol. The second-order valence-corrected chi connectivity index (χ2v) is 4.60. The Morgan fingerprint density at radius 3 is 2.53 bits per heavy atom. The third kappa shape index (κ3) is 2.46. The van der Waals surface area contributed by atoms with Crippen LogP contribution in [0.15, 0.2) is 18.2 Å². The Morgan fingerprint density at radius 2 is 2.00 bits per heavy atom. The van der Waals surface area contributed by atoms with Crippen molar-refractivity contribution < 1.29 is 23.4 Å². The van der Waals surface area contributed by atoms with Crippen LogP contribution in [-0.4, -0.2) is 42.3 Å². The van der Waals surface area contributed by atoms with E-state index >= 15 is 0 Å². The average molecular weight is 271 g/mol. The number of ether oxygens (including phenoxy) is 1. The molecule has 0 amide bonds. The summed E-state index contributed by atoms with van der Waals surface area (Å²) >= 11 is 0. The predicted octanol–water partition coefficient (Wildman–Crippen LogP) is 1.60. The van der Waals surface area contributed by atoms with Gasteiger partial charge in [-0.3, -0.25) is 4.90 Å². The topological polar surface area (TPSA) is 49.8 Å². The highest BCUT2D eigenvalue weighted by atomic mass is 19.1. The number of carboxylic acids is 1. The van der Waals surface area contributed by atoms with E-state index in [2.05, 4.69) is 0 Å². The van der Waals surface area contributed by atoms with Gasteiger partial charge in [-0.1, -0.05) is 6.07 Å². The van der Waals surface area contributed by atoms with Gasteiger partial charge in [0, 0.05) is 24.7 Å². The number of hydrogen-bond donors (Lipinski definition) is 1. The van der Waals surface area contributed by atoms with Crippen LogP contribution >= 0.6 is 0 Å². The van der Waals surface area contributed by atoms with Crippen LogP contribution in [0.3, 0.4) is 0 Å². The molecular weight excluding hydrogens is 256 g/mol. The van der Waals surface area contributed by atoms with E-state index in [1.807, 2.05) is 0 Å². The summed E-state index contributed by atoms with van der Waals surface area (Å²) in [7, 11) is 0. The van der Waals surface area contributed by atoms with E-state index in [0.29, 0.717) is 32.4 Å². The molecule has 0 bridgehead atoms. The highest BCUT2D eigenvalue weighted by Crippen LogP contribution is 2.31. The summed E-state index contributed by atoms with van der Waals surface area (Å²) in [6, 6.07) is 2.96.